The number of anilines is 1. The van der Waals surface area contributed by atoms with Crippen molar-refractivity contribution in [3.05, 3.63) is 24.3 Å². The fourth-order valence-corrected chi connectivity index (χ4v) is 2.64. The quantitative estimate of drug-likeness (QED) is 0.819. The molecule has 1 saturated carbocycles. The Kier molecular flexibility index (Phi) is 5.42. The Labute approximate surface area is 129 Å². The maximum absolute atomic E-state index is 12.2. The van der Waals surface area contributed by atoms with E-state index >= 15 is 0 Å². The van der Waals surface area contributed by atoms with E-state index in [9.17, 15) is 9.59 Å². The minimum atomic E-state index is -0.766. The summed E-state index contributed by atoms with van der Waals surface area (Å²) in [5.74, 6) is 1.70. The van der Waals surface area contributed by atoms with Gasteiger partial charge < -0.3 is 15.2 Å². The second kappa shape index (κ2) is 7.51. The van der Waals surface area contributed by atoms with Crippen molar-refractivity contribution in [1.29, 1.82) is 0 Å². The van der Waals surface area contributed by atoms with Gasteiger partial charge in [-0.2, -0.15) is 0 Å². The molecule has 1 fully saturated rings. The van der Waals surface area contributed by atoms with Crippen LogP contribution in [0.1, 0.15) is 25.7 Å². The topological polar surface area (TPSA) is 75.6 Å². The van der Waals surface area contributed by atoms with Gasteiger partial charge in [-0.3, -0.25) is 9.59 Å². The first-order chi connectivity index (χ1) is 10.6. The molecule has 0 bridgehead atoms. The molecule has 0 aliphatic heterocycles. The number of carbonyl (C=O) groups excluding carboxylic acids is 1. The fraction of sp³-hybridized carbons (Fsp3) is 0.412. The van der Waals surface area contributed by atoms with Gasteiger partial charge in [0.15, 0.2) is 0 Å². The molecule has 22 heavy (non-hydrogen) atoms. The second-order valence-electron chi connectivity index (χ2n) is 5.40. The van der Waals surface area contributed by atoms with Crippen LogP contribution in [0.15, 0.2) is 24.3 Å². The number of hydrogen-bond donors (Lipinski definition) is 2. The lowest BCUT2D eigenvalue weighted by Gasteiger charge is -2.25. The molecular formula is C17H19NO4. The predicted molar refractivity (Wildman–Crippen MR) is 82.5 cm³/mol. The summed E-state index contributed by atoms with van der Waals surface area (Å²) in [6, 6.07) is 7.05. The van der Waals surface area contributed by atoms with Crippen molar-refractivity contribution in [3.8, 4) is 18.1 Å². The fourth-order valence-electron chi connectivity index (χ4n) is 2.64. The van der Waals surface area contributed by atoms with Crippen LogP contribution < -0.4 is 10.1 Å². The molecule has 5 heteroatoms. The molecule has 1 aromatic rings. The molecule has 0 atom stereocenters. The summed E-state index contributed by atoms with van der Waals surface area (Å²) in [5.41, 5.74) is 0.653. The lowest BCUT2D eigenvalue weighted by atomic mass is 9.81. The molecule has 2 N–H and O–H groups in total. The summed E-state index contributed by atoms with van der Waals surface area (Å²) in [6.45, 7) is 0.177. The SMILES string of the molecule is C#CCOc1cccc(NC(=O)C2CCC(C(=O)O)CC2)c1. The maximum Gasteiger partial charge on any atom is 0.306 e. The minimum absolute atomic E-state index is 0.0714. The molecule has 0 heterocycles. The van der Waals surface area contributed by atoms with Crippen molar-refractivity contribution >= 4 is 17.6 Å². The van der Waals surface area contributed by atoms with Crippen LogP contribution in [0.5, 0.6) is 5.75 Å². The highest BCUT2D eigenvalue weighted by molar-refractivity contribution is 5.92. The van der Waals surface area contributed by atoms with E-state index in [0.717, 1.165) is 0 Å². The average molecular weight is 301 g/mol. The van der Waals surface area contributed by atoms with Crippen molar-refractivity contribution < 1.29 is 19.4 Å². The molecule has 2 rings (SSSR count). The number of nitrogens with one attached hydrogen (secondary N) is 1. The van der Waals surface area contributed by atoms with Gasteiger partial charge in [0, 0.05) is 17.7 Å². The first kappa shape index (κ1) is 15.9. The van der Waals surface area contributed by atoms with Crippen molar-refractivity contribution in [3.63, 3.8) is 0 Å². The zero-order valence-corrected chi connectivity index (χ0v) is 12.2. The lowest BCUT2D eigenvalue weighted by Crippen LogP contribution is -2.29. The Morgan fingerprint density at radius 2 is 1.95 bits per heavy atom. The van der Waals surface area contributed by atoms with Crippen LogP contribution in [0.2, 0.25) is 0 Å². The van der Waals surface area contributed by atoms with E-state index in [1.165, 1.54) is 0 Å². The lowest BCUT2D eigenvalue weighted by molar-refractivity contribution is -0.143. The zero-order chi connectivity index (χ0) is 15.9. The van der Waals surface area contributed by atoms with Gasteiger partial charge in [-0.15, -0.1) is 6.42 Å². The van der Waals surface area contributed by atoms with Crippen molar-refractivity contribution in [2.75, 3.05) is 11.9 Å². The third-order valence-electron chi connectivity index (χ3n) is 3.87. The molecular weight excluding hydrogens is 282 g/mol. The van der Waals surface area contributed by atoms with E-state index in [2.05, 4.69) is 11.2 Å². The number of hydrogen-bond acceptors (Lipinski definition) is 3. The largest absolute Gasteiger partial charge is 0.481 e. The number of rotatable bonds is 5. The Hall–Kier alpha value is -2.48. The van der Waals surface area contributed by atoms with E-state index in [1.807, 2.05) is 0 Å². The summed E-state index contributed by atoms with van der Waals surface area (Å²) < 4.78 is 5.31. The average Bonchev–Trinajstić information content (AvgIpc) is 2.53. The van der Waals surface area contributed by atoms with Crippen LogP contribution in [0, 0.1) is 24.2 Å². The van der Waals surface area contributed by atoms with Crippen LogP contribution in [0.3, 0.4) is 0 Å². The van der Waals surface area contributed by atoms with Gasteiger partial charge in [-0.25, -0.2) is 0 Å². The maximum atomic E-state index is 12.2. The molecule has 5 nitrogen and oxygen atoms in total. The summed E-state index contributed by atoms with van der Waals surface area (Å²) in [4.78, 5) is 23.2. The van der Waals surface area contributed by atoms with Gasteiger partial charge in [-0.1, -0.05) is 12.0 Å². The molecule has 0 saturated heterocycles. The van der Waals surface area contributed by atoms with Crippen molar-refractivity contribution in [2.45, 2.75) is 25.7 Å². The number of carboxylic acid groups (broad SMARTS) is 1. The van der Waals surface area contributed by atoms with Gasteiger partial charge in [0.1, 0.15) is 12.4 Å². The number of carboxylic acids is 1. The number of ether oxygens (including phenoxy) is 1. The van der Waals surface area contributed by atoms with Gasteiger partial charge >= 0.3 is 5.97 Å². The van der Waals surface area contributed by atoms with Crippen LogP contribution in [-0.2, 0) is 9.59 Å². The van der Waals surface area contributed by atoms with Crippen LogP contribution in [0.4, 0.5) is 5.69 Å². The van der Waals surface area contributed by atoms with Crippen LogP contribution in [-0.4, -0.2) is 23.6 Å². The van der Waals surface area contributed by atoms with Gasteiger partial charge in [0.25, 0.3) is 0 Å². The third kappa shape index (κ3) is 4.26. The molecule has 0 spiro atoms. The Balaban J connectivity index is 1.90. The highest BCUT2D eigenvalue weighted by Gasteiger charge is 2.29. The predicted octanol–water partition coefficient (Wildman–Crippen LogP) is 2.53. The zero-order valence-electron chi connectivity index (χ0n) is 12.2. The van der Waals surface area contributed by atoms with Crippen molar-refractivity contribution in [1.82, 2.24) is 0 Å². The van der Waals surface area contributed by atoms with E-state index in [1.54, 1.807) is 24.3 Å². The third-order valence-corrected chi connectivity index (χ3v) is 3.87. The second-order valence-corrected chi connectivity index (χ2v) is 5.40. The number of benzene rings is 1. The molecule has 0 aromatic heterocycles. The van der Waals surface area contributed by atoms with Crippen molar-refractivity contribution in [2.24, 2.45) is 11.8 Å². The van der Waals surface area contributed by atoms with Gasteiger partial charge in [0.05, 0.1) is 5.92 Å². The normalized spacial score (nSPS) is 20.7. The summed E-state index contributed by atoms with van der Waals surface area (Å²) in [7, 11) is 0. The Morgan fingerprint density at radius 3 is 2.59 bits per heavy atom. The van der Waals surface area contributed by atoms with Gasteiger partial charge in [-0.05, 0) is 37.8 Å². The van der Waals surface area contributed by atoms with E-state index in [-0.39, 0.29) is 24.3 Å². The highest BCUT2D eigenvalue weighted by Crippen LogP contribution is 2.30. The molecule has 1 amide bonds. The molecule has 1 aromatic carbocycles. The molecule has 1 aliphatic carbocycles. The first-order valence-electron chi connectivity index (χ1n) is 7.30. The Bertz CT molecular complexity index is 583. The number of aliphatic carboxylic acids is 1. The smallest absolute Gasteiger partial charge is 0.306 e. The number of amides is 1. The van der Waals surface area contributed by atoms with E-state index in [0.29, 0.717) is 37.1 Å². The summed E-state index contributed by atoms with van der Waals surface area (Å²) in [5, 5.41) is 11.8. The number of terminal acetylenes is 1. The van der Waals surface area contributed by atoms with Crippen LogP contribution in [0.25, 0.3) is 0 Å². The monoisotopic (exact) mass is 301 g/mol. The molecule has 116 valence electrons. The first-order valence-corrected chi connectivity index (χ1v) is 7.30. The number of carbonyl (C=O) groups is 2. The standard InChI is InChI=1S/C17H19NO4/c1-2-10-22-15-5-3-4-14(11-15)18-16(19)12-6-8-13(9-7-12)17(20)21/h1,3-5,11-13H,6-10H2,(H,18,19)(H,20,21). The summed E-state index contributed by atoms with van der Waals surface area (Å²) in [6.07, 6.45) is 7.46. The van der Waals surface area contributed by atoms with E-state index in [4.69, 9.17) is 16.3 Å². The highest BCUT2D eigenvalue weighted by atomic mass is 16.5. The van der Waals surface area contributed by atoms with Gasteiger partial charge in [0.2, 0.25) is 5.91 Å². The molecule has 0 unspecified atom stereocenters. The Morgan fingerprint density at radius 1 is 1.27 bits per heavy atom. The van der Waals surface area contributed by atoms with E-state index < -0.39 is 5.97 Å². The minimum Gasteiger partial charge on any atom is -0.481 e. The summed E-state index contributed by atoms with van der Waals surface area (Å²) >= 11 is 0. The van der Waals surface area contributed by atoms with Crippen LogP contribution >= 0.6 is 0 Å². The molecule has 0 radical (unpaired) electrons. The molecule has 1 aliphatic rings.